The number of ether oxygens (including phenoxy) is 1. The van der Waals surface area contributed by atoms with E-state index >= 15 is 0 Å². The van der Waals surface area contributed by atoms with Crippen LogP contribution in [0.25, 0.3) is 22.4 Å². The minimum absolute atomic E-state index is 0.175. The highest BCUT2D eigenvalue weighted by atomic mass is 16.5. The Hall–Kier alpha value is -3.60. The van der Waals surface area contributed by atoms with Gasteiger partial charge in [0.2, 0.25) is 0 Å². The van der Waals surface area contributed by atoms with Crippen LogP contribution in [0.5, 0.6) is 5.75 Å². The summed E-state index contributed by atoms with van der Waals surface area (Å²) in [6.07, 6.45) is 0. The molecule has 140 valence electrons. The molecule has 5 nitrogen and oxygen atoms in total. The molecule has 0 spiro atoms. The normalized spacial score (nSPS) is 10.8. The highest BCUT2D eigenvalue weighted by Crippen LogP contribution is 2.28. The standard InChI is InChI=1S/C23H21N3O2/c1-3-28-17-9-6-8-16(14-17)23(27)26-19-13-7-10-18(15(19)2)22-24-20-11-4-5-12-21(20)25-22/h4-14H,3H2,1-2H3,(H,24,25)(H,26,27). The van der Waals surface area contributed by atoms with Gasteiger partial charge in [-0.3, -0.25) is 4.79 Å². The molecule has 0 saturated carbocycles. The minimum Gasteiger partial charge on any atom is -0.494 e. The van der Waals surface area contributed by atoms with Crippen LogP contribution >= 0.6 is 0 Å². The molecule has 28 heavy (non-hydrogen) atoms. The number of para-hydroxylation sites is 2. The van der Waals surface area contributed by atoms with E-state index in [1.54, 1.807) is 12.1 Å². The van der Waals surface area contributed by atoms with E-state index < -0.39 is 0 Å². The number of imidazole rings is 1. The van der Waals surface area contributed by atoms with Gasteiger partial charge in [-0.15, -0.1) is 0 Å². The first-order chi connectivity index (χ1) is 13.7. The van der Waals surface area contributed by atoms with Crippen LogP contribution in [0.15, 0.2) is 66.7 Å². The number of H-pyrrole nitrogens is 1. The second-order valence-electron chi connectivity index (χ2n) is 6.50. The SMILES string of the molecule is CCOc1cccc(C(=O)Nc2cccc(-c3nc4ccccc4[nH]3)c2C)c1. The van der Waals surface area contributed by atoms with Crippen molar-refractivity contribution < 1.29 is 9.53 Å². The summed E-state index contributed by atoms with van der Waals surface area (Å²) in [5.74, 6) is 1.29. The van der Waals surface area contributed by atoms with Crippen LogP contribution in [0.1, 0.15) is 22.8 Å². The summed E-state index contributed by atoms with van der Waals surface area (Å²) in [5, 5.41) is 3.00. The maximum Gasteiger partial charge on any atom is 0.255 e. The summed E-state index contributed by atoms with van der Waals surface area (Å²) in [6.45, 7) is 4.46. The number of benzene rings is 3. The number of anilines is 1. The second-order valence-corrected chi connectivity index (χ2v) is 6.50. The van der Waals surface area contributed by atoms with E-state index in [4.69, 9.17) is 4.74 Å². The van der Waals surface area contributed by atoms with Crippen LogP contribution < -0.4 is 10.1 Å². The van der Waals surface area contributed by atoms with Crippen LogP contribution in [-0.4, -0.2) is 22.5 Å². The summed E-state index contributed by atoms with van der Waals surface area (Å²) in [4.78, 5) is 20.7. The number of fused-ring (bicyclic) bond motifs is 1. The second kappa shape index (κ2) is 7.56. The number of carbonyl (C=O) groups is 1. The molecule has 1 aromatic heterocycles. The molecule has 0 unspecified atom stereocenters. The van der Waals surface area contributed by atoms with Gasteiger partial charge in [0.25, 0.3) is 5.91 Å². The lowest BCUT2D eigenvalue weighted by Crippen LogP contribution is -2.13. The van der Waals surface area contributed by atoms with E-state index in [2.05, 4.69) is 15.3 Å². The molecule has 0 saturated heterocycles. The molecule has 4 aromatic rings. The van der Waals surface area contributed by atoms with Crippen molar-refractivity contribution in [2.24, 2.45) is 0 Å². The third-order valence-electron chi connectivity index (χ3n) is 4.63. The van der Waals surface area contributed by atoms with Crippen molar-refractivity contribution in [3.63, 3.8) is 0 Å². The van der Waals surface area contributed by atoms with E-state index in [1.165, 1.54) is 0 Å². The third-order valence-corrected chi connectivity index (χ3v) is 4.63. The van der Waals surface area contributed by atoms with Crippen molar-refractivity contribution in [3.05, 3.63) is 77.9 Å². The average molecular weight is 371 g/mol. The van der Waals surface area contributed by atoms with Crippen LogP contribution in [0, 0.1) is 6.92 Å². The van der Waals surface area contributed by atoms with Gasteiger partial charge in [-0.25, -0.2) is 4.98 Å². The van der Waals surface area contributed by atoms with E-state index in [1.807, 2.05) is 68.4 Å². The van der Waals surface area contributed by atoms with Crippen LogP contribution in [-0.2, 0) is 0 Å². The highest BCUT2D eigenvalue weighted by Gasteiger charge is 2.13. The van der Waals surface area contributed by atoms with Gasteiger partial charge < -0.3 is 15.0 Å². The first-order valence-corrected chi connectivity index (χ1v) is 9.24. The fourth-order valence-corrected chi connectivity index (χ4v) is 3.20. The molecule has 0 atom stereocenters. The van der Waals surface area contributed by atoms with Crippen molar-refractivity contribution in [2.45, 2.75) is 13.8 Å². The third kappa shape index (κ3) is 3.47. The van der Waals surface area contributed by atoms with E-state index in [0.29, 0.717) is 17.9 Å². The Morgan fingerprint density at radius 1 is 1.07 bits per heavy atom. The Morgan fingerprint density at radius 3 is 2.71 bits per heavy atom. The Morgan fingerprint density at radius 2 is 1.89 bits per heavy atom. The first-order valence-electron chi connectivity index (χ1n) is 9.24. The van der Waals surface area contributed by atoms with Gasteiger partial charge in [0.15, 0.2) is 0 Å². The number of amides is 1. The van der Waals surface area contributed by atoms with Crippen LogP contribution in [0.3, 0.4) is 0 Å². The number of aromatic nitrogens is 2. The quantitative estimate of drug-likeness (QED) is 0.507. The molecule has 0 aliphatic heterocycles. The van der Waals surface area contributed by atoms with Gasteiger partial charge >= 0.3 is 0 Å². The zero-order valence-electron chi connectivity index (χ0n) is 15.8. The fourth-order valence-electron chi connectivity index (χ4n) is 3.20. The topological polar surface area (TPSA) is 67.0 Å². The number of rotatable bonds is 5. The smallest absolute Gasteiger partial charge is 0.255 e. The average Bonchev–Trinajstić information content (AvgIpc) is 3.14. The van der Waals surface area contributed by atoms with Crippen molar-refractivity contribution in [3.8, 4) is 17.1 Å². The van der Waals surface area contributed by atoms with Crippen molar-refractivity contribution in [2.75, 3.05) is 11.9 Å². The summed E-state index contributed by atoms with van der Waals surface area (Å²) in [6, 6.07) is 20.9. The monoisotopic (exact) mass is 371 g/mol. The minimum atomic E-state index is -0.175. The van der Waals surface area contributed by atoms with Gasteiger partial charge in [-0.2, -0.15) is 0 Å². The lowest BCUT2D eigenvalue weighted by molar-refractivity contribution is 0.102. The number of hydrogen-bond donors (Lipinski definition) is 2. The lowest BCUT2D eigenvalue weighted by Gasteiger charge is -2.12. The number of carbonyl (C=O) groups excluding carboxylic acids is 1. The Bertz CT molecular complexity index is 1110. The maximum atomic E-state index is 12.7. The molecule has 2 N–H and O–H groups in total. The summed E-state index contributed by atoms with van der Waals surface area (Å²) in [7, 11) is 0. The van der Waals surface area contributed by atoms with E-state index in [9.17, 15) is 4.79 Å². The molecule has 1 amide bonds. The molecule has 1 heterocycles. The van der Waals surface area contributed by atoms with Gasteiger partial charge in [0.05, 0.1) is 17.6 Å². The molecule has 0 fully saturated rings. The fraction of sp³-hybridized carbons (Fsp3) is 0.130. The molecule has 0 bridgehead atoms. The molecule has 4 rings (SSSR count). The molecule has 0 aliphatic carbocycles. The van der Waals surface area contributed by atoms with Crippen LogP contribution in [0.2, 0.25) is 0 Å². The Labute approximate surface area is 163 Å². The maximum absolute atomic E-state index is 12.7. The molecule has 0 aliphatic rings. The van der Waals surface area contributed by atoms with E-state index in [0.717, 1.165) is 33.7 Å². The van der Waals surface area contributed by atoms with Gasteiger partial charge in [-0.1, -0.05) is 30.3 Å². The summed E-state index contributed by atoms with van der Waals surface area (Å²) >= 11 is 0. The lowest BCUT2D eigenvalue weighted by atomic mass is 10.1. The van der Waals surface area contributed by atoms with Crippen molar-refractivity contribution in [1.82, 2.24) is 9.97 Å². The number of nitrogens with one attached hydrogen (secondary N) is 2. The first kappa shape index (κ1) is 17.8. The number of hydrogen-bond acceptors (Lipinski definition) is 3. The summed E-state index contributed by atoms with van der Waals surface area (Å²) in [5.41, 5.74) is 5.12. The predicted octanol–water partition coefficient (Wildman–Crippen LogP) is 5.19. The number of nitrogens with zero attached hydrogens (tertiary/aromatic N) is 1. The van der Waals surface area contributed by atoms with Crippen molar-refractivity contribution >= 4 is 22.6 Å². The molecule has 5 heteroatoms. The molecule has 0 radical (unpaired) electrons. The largest absolute Gasteiger partial charge is 0.494 e. The molecule has 3 aromatic carbocycles. The Kier molecular flexibility index (Phi) is 4.81. The molecular weight excluding hydrogens is 350 g/mol. The summed E-state index contributed by atoms with van der Waals surface area (Å²) < 4.78 is 5.48. The zero-order valence-corrected chi connectivity index (χ0v) is 15.8. The Balaban J connectivity index is 1.63. The van der Waals surface area contributed by atoms with Gasteiger partial charge in [0, 0.05) is 16.8 Å². The van der Waals surface area contributed by atoms with Gasteiger partial charge in [-0.05, 0) is 55.8 Å². The van der Waals surface area contributed by atoms with Gasteiger partial charge in [0.1, 0.15) is 11.6 Å². The zero-order chi connectivity index (χ0) is 19.5. The molecular formula is C23H21N3O2. The highest BCUT2D eigenvalue weighted by molar-refractivity contribution is 6.05. The van der Waals surface area contributed by atoms with Crippen molar-refractivity contribution in [1.29, 1.82) is 0 Å². The predicted molar refractivity (Wildman–Crippen MR) is 112 cm³/mol. The number of aromatic amines is 1. The van der Waals surface area contributed by atoms with Crippen LogP contribution in [0.4, 0.5) is 5.69 Å². The van der Waals surface area contributed by atoms with E-state index in [-0.39, 0.29) is 5.91 Å².